The molecule has 2 unspecified atom stereocenters. The van der Waals surface area contributed by atoms with Gasteiger partial charge in [-0.2, -0.15) is 15.2 Å². The molecule has 50 heavy (non-hydrogen) atoms. The SMILES string of the molecule is CC(C)(C)OC(=O)N1CCCC1COc1nc2c(c(N3CCN(C(=O)OCc4ccccc4)C(CC#N)C3)n1)CCN(Cc1ccccc1)C2. The number of nitrogens with zero attached hydrogens (tertiary/aromatic N) is 7. The second kappa shape index (κ2) is 15.8. The van der Waals surface area contributed by atoms with Gasteiger partial charge in [0.25, 0.3) is 0 Å². The number of anilines is 1. The molecule has 12 nitrogen and oxygen atoms in total. The molecule has 4 heterocycles. The number of piperazine rings is 1. The Balaban J connectivity index is 1.21. The predicted octanol–water partition coefficient (Wildman–Crippen LogP) is 5.55. The normalized spacial score (nSPS) is 19.4. The lowest BCUT2D eigenvalue weighted by atomic mass is 10.0. The van der Waals surface area contributed by atoms with Crippen LogP contribution in [-0.2, 0) is 35.6 Å². The first kappa shape index (κ1) is 35.0. The fourth-order valence-corrected chi connectivity index (χ4v) is 6.86. The number of hydrogen-bond acceptors (Lipinski definition) is 10. The molecule has 0 bridgehead atoms. The Hall–Kier alpha value is -4.89. The summed E-state index contributed by atoms with van der Waals surface area (Å²) in [5.74, 6) is 0.778. The van der Waals surface area contributed by atoms with Crippen molar-refractivity contribution in [2.24, 2.45) is 0 Å². The van der Waals surface area contributed by atoms with Gasteiger partial charge < -0.3 is 28.9 Å². The first-order valence-electron chi connectivity index (χ1n) is 17.5. The number of carbonyl (C=O) groups excluding carboxylic acids is 2. The van der Waals surface area contributed by atoms with Crippen LogP contribution in [0.2, 0.25) is 0 Å². The van der Waals surface area contributed by atoms with E-state index >= 15 is 0 Å². The van der Waals surface area contributed by atoms with E-state index in [1.54, 1.807) is 9.80 Å². The number of ether oxygens (including phenoxy) is 3. The summed E-state index contributed by atoms with van der Waals surface area (Å²) in [6.45, 7) is 10.3. The van der Waals surface area contributed by atoms with Gasteiger partial charge in [0.05, 0.1) is 30.3 Å². The second-order valence-corrected chi connectivity index (χ2v) is 14.2. The molecule has 0 radical (unpaired) electrons. The largest absolute Gasteiger partial charge is 0.461 e. The minimum absolute atomic E-state index is 0.145. The van der Waals surface area contributed by atoms with Crippen LogP contribution >= 0.6 is 0 Å². The van der Waals surface area contributed by atoms with Crippen molar-refractivity contribution in [3.63, 3.8) is 0 Å². The van der Waals surface area contributed by atoms with Gasteiger partial charge in [0.1, 0.15) is 24.6 Å². The van der Waals surface area contributed by atoms with E-state index in [1.165, 1.54) is 5.56 Å². The molecule has 3 aliphatic rings. The predicted molar refractivity (Wildman–Crippen MR) is 187 cm³/mol. The Kier molecular flexibility index (Phi) is 11.0. The van der Waals surface area contributed by atoms with Crippen molar-refractivity contribution in [1.29, 1.82) is 5.26 Å². The molecule has 0 aliphatic carbocycles. The van der Waals surface area contributed by atoms with Crippen LogP contribution in [0.3, 0.4) is 0 Å². The highest BCUT2D eigenvalue weighted by molar-refractivity contribution is 5.69. The molecule has 0 N–H and O–H groups in total. The van der Waals surface area contributed by atoms with Crippen molar-refractivity contribution < 1.29 is 23.8 Å². The fourth-order valence-electron chi connectivity index (χ4n) is 6.86. The Morgan fingerprint density at radius 2 is 1.62 bits per heavy atom. The molecule has 2 fully saturated rings. The van der Waals surface area contributed by atoms with Crippen LogP contribution < -0.4 is 9.64 Å². The van der Waals surface area contributed by atoms with Gasteiger partial charge in [0.15, 0.2) is 0 Å². The number of benzene rings is 2. The van der Waals surface area contributed by atoms with E-state index < -0.39 is 11.7 Å². The van der Waals surface area contributed by atoms with E-state index in [-0.39, 0.29) is 43.8 Å². The number of fused-ring (bicyclic) bond motifs is 1. The topological polar surface area (TPSA) is 124 Å². The third-order valence-electron chi connectivity index (χ3n) is 9.31. The summed E-state index contributed by atoms with van der Waals surface area (Å²) < 4.78 is 17.6. The summed E-state index contributed by atoms with van der Waals surface area (Å²) in [5.41, 5.74) is 3.53. The van der Waals surface area contributed by atoms with Crippen molar-refractivity contribution in [2.75, 3.05) is 44.2 Å². The van der Waals surface area contributed by atoms with E-state index in [0.29, 0.717) is 32.7 Å². The highest BCUT2D eigenvalue weighted by Gasteiger charge is 2.36. The van der Waals surface area contributed by atoms with Crippen LogP contribution in [0.25, 0.3) is 0 Å². The van der Waals surface area contributed by atoms with Gasteiger partial charge in [0.2, 0.25) is 0 Å². The summed E-state index contributed by atoms with van der Waals surface area (Å²) >= 11 is 0. The molecular formula is C38H47N7O5. The van der Waals surface area contributed by atoms with Gasteiger partial charge in [-0.3, -0.25) is 4.90 Å². The lowest BCUT2D eigenvalue weighted by molar-refractivity contribution is 0.0183. The average molecular weight is 682 g/mol. The monoisotopic (exact) mass is 681 g/mol. The maximum Gasteiger partial charge on any atom is 0.410 e. The number of nitriles is 1. The molecule has 264 valence electrons. The van der Waals surface area contributed by atoms with Crippen molar-refractivity contribution in [3.8, 4) is 12.1 Å². The molecule has 2 atom stereocenters. The molecule has 3 aromatic rings. The number of likely N-dealkylation sites (tertiary alicyclic amines) is 1. The van der Waals surface area contributed by atoms with Crippen molar-refractivity contribution >= 4 is 18.0 Å². The number of aromatic nitrogens is 2. The summed E-state index contributed by atoms with van der Waals surface area (Å²) in [6.07, 6.45) is 1.84. The van der Waals surface area contributed by atoms with E-state index in [1.807, 2.05) is 57.2 Å². The fraction of sp³-hybridized carbons (Fsp3) is 0.500. The summed E-state index contributed by atoms with van der Waals surface area (Å²) in [4.78, 5) is 44.0. The maximum atomic E-state index is 13.2. The molecule has 2 saturated heterocycles. The van der Waals surface area contributed by atoms with Crippen LogP contribution in [0.4, 0.5) is 15.4 Å². The van der Waals surface area contributed by atoms with Crippen molar-refractivity contribution in [1.82, 2.24) is 24.7 Å². The van der Waals surface area contributed by atoms with E-state index in [0.717, 1.165) is 55.0 Å². The highest BCUT2D eigenvalue weighted by Crippen LogP contribution is 2.32. The first-order valence-corrected chi connectivity index (χ1v) is 17.5. The summed E-state index contributed by atoms with van der Waals surface area (Å²) in [7, 11) is 0. The smallest absolute Gasteiger partial charge is 0.410 e. The van der Waals surface area contributed by atoms with Gasteiger partial charge in [-0.15, -0.1) is 0 Å². The van der Waals surface area contributed by atoms with Gasteiger partial charge in [0, 0.05) is 51.4 Å². The Morgan fingerprint density at radius 3 is 2.34 bits per heavy atom. The van der Waals surface area contributed by atoms with Crippen LogP contribution in [0.15, 0.2) is 60.7 Å². The van der Waals surface area contributed by atoms with Gasteiger partial charge in [-0.05, 0) is 51.2 Å². The van der Waals surface area contributed by atoms with Crippen LogP contribution in [-0.4, -0.2) is 93.9 Å². The number of hydrogen-bond donors (Lipinski definition) is 0. The van der Waals surface area contributed by atoms with Gasteiger partial charge in [-0.25, -0.2) is 9.59 Å². The van der Waals surface area contributed by atoms with Gasteiger partial charge in [-0.1, -0.05) is 60.7 Å². The standard InChI is InChI=1S/C38H47N7O5/c1-38(2,3)50-37(47)44-19-10-15-31(44)27-48-35-40-33-25-42(23-28-11-6-4-7-12-28)20-17-32(33)34(41-35)43-21-22-45(30(24-43)16-18-39)36(46)49-26-29-13-8-5-9-14-29/h4-9,11-14,30-31H,10,15-17,19-27H2,1-3H3. The minimum atomic E-state index is -0.584. The minimum Gasteiger partial charge on any atom is -0.461 e. The summed E-state index contributed by atoms with van der Waals surface area (Å²) in [5, 5.41) is 9.73. The molecule has 0 saturated carbocycles. The highest BCUT2D eigenvalue weighted by atomic mass is 16.6. The van der Waals surface area contributed by atoms with Gasteiger partial charge >= 0.3 is 18.2 Å². The van der Waals surface area contributed by atoms with E-state index in [9.17, 15) is 14.9 Å². The molecule has 6 rings (SSSR count). The second-order valence-electron chi connectivity index (χ2n) is 14.2. The van der Waals surface area contributed by atoms with Crippen molar-refractivity contribution in [3.05, 3.63) is 83.0 Å². The number of rotatable bonds is 9. The Labute approximate surface area is 294 Å². The molecular weight excluding hydrogens is 634 g/mol. The first-order chi connectivity index (χ1) is 24.2. The molecule has 2 amide bonds. The zero-order valence-electron chi connectivity index (χ0n) is 29.3. The summed E-state index contributed by atoms with van der Waals surface area (Å²) in [6, 6.07) is 22.0. The third-order valence-corrected chi connectivity index (χ3v) is 9.31. The third kappa shape index (κ3) is 8.82. The van der Waals surface area contributed by atoms with E-state index in [4.69, 9.17) is 24.2 Å². The zero-order chi connectivity index (χ0) is 35.1. The molecule has 1 aromatic heterocycles. The molecule has 3 aliphatic heterocycles. The Bertz CT molecular complexity index is 1660. The van der Waals surface area contributed by atoms with Crippen LogP contribution in [0.5, 0.6) is 6.01 Å². The van der Waals surface area contributed by atoms with E-state index in [2.05, 4.69) is 40.1 Å². The Morgan fingerprint density at radius 1 is 0.900 bits per heavy atom. The molecule has 0 spiro atoms. The quantitative estimate of drug-likeness (QED) is 0.284. The average Bonchev–Trinajstić information content (AvgIpc) is 3.59. The number of amides is 2. The maximum absolute atomic E-state index is 13.2. The number of carbonyl (C=O) groups is 2. The molecule has 2 aromatic carbocycles. The van der Waals surface area contributed by atoms with Crippen LogP contribution in [0.1, 0.15) is 62.4 Å². The zero-order valence-corrected chi connectivity index (χ0v) is 29.3. The van der Waals surface area contributed by atoms with Crippen molar-refractivity contribution in [2.45, 2.75) is 83.8 Å². The van der Waals surface area contributed by atoms with Crippen LogP contribution in [0, 0.1) is 11.3 Å². The molecule has 12 heteroatoms. The lowest BCUT2D eigenvalue weighted by Gasteiger charge is -2.41. The lowest BCUT2D eigenvalue weighted by Crippen LogP contribution is -2.55.